The minimum atomic E-state index is -0.621. The van der Waals surface area contributed by atoms with Gasteiger partial charge in [0.15, 0.2) is 0 Å². The van der Waals surface area contributed by atoms with Crippen LogP contribution < -0.4 is 5.32 Å². The number of nitro groups is 1. The molecule has 1 aromatic heterocycles. The van der Waals surface area contributed by atoms with Gasteiger partial charge in [-0.05, 0) is 35.4 Å². The number of rotatable bonds is 4. The number of nitro benzene ring substituents is 1. The Balaban J connectivity index is 2.21. The number of nitrogens with one attached hydrogen (secondary N) is 1. The third-order valence-electron chi connectivity index (χ3n) is 2.52. The lowest BCUT2D eigenvalue weighted by atomic mass is 10.1. The van der Waals surface area contributed by atoms with Crippen molar-refractivity contribution in [1.29, 1.82) is 0 Å². The summed E-state index contributed by atoms with van der Waals surface area (Å²) in [5.41, 5.74) is 1.21. The summed E-state index contributed by atoms with van der Waals surface area (Å²) in [6.45, 7) is 1.92. The molecule has 0 saturated carbocycles. The molecular formula is C12H11FN2O2S. The van der Waals surface area contributed by atoms with Crippen LogP contribution in [0.2, 0.25) is 0 Å². The maximum absolute atomic E-state index is 13.2. The molecule has 1 aromatic carbocycles. The fourth-order valence-corrected chi connectivity index (χ4v) is 2.37. The second-order valence-corrected chi connectivity index (χ2v) is 4.66. The van der Waals surface area contributed by atoms with Crippen LogP contribution in [0.15, 0.2) is 35.0 Å². The molecule has 0 aliphatic heterocycles. The van der Waals surface area contributed by atoms with Gasteiger partial charge in [0.25, 0.3) is 5.69 Å². The van der Waals surface area contributed by atoms with Crippen LogP contribution in [-0.2, 0) is 0 Å². The molecule has 2 rings (SSSR count). The van der Waals surface area contributed by atoms with Crippen LogP contribution in [0.25, 0.3) is 0 Å². The SMILES string of the molecule is CC(Nc1cc(F)cc([N+](=O)[O-])c1)c1ccsc1. The fraction of sp³-hybridized carbons (Fsp3) is 0.167. The lowest BCUT2D eigenvalue weighted by Gasteiger charge is -2.13. The molecule has 0 amide bonds. The van der Waals surface area contributed by atoms with Gasteiger partial charge in [-0.2, -0.15) is 11.3 Å². The predicted molar refractivity (Wildman–Crippen MR) is 69.4 cm³/mol. The molecule has 1 unspecified atom stereocenters. The van der Waals surface area contributed by atoms with Crippen molar-refractivity contribution in [2.24, 2.45) is 0 Å². The van der Waals surface area contributed by atoms with Gasteiger partial charge < -0.3 is 5.32 Å². The zero-order valence-corrected chi connectivity index (χ0v) is 10.4. The highest BCUT2D eigenvalue weighted by Crippen LogP contribution is 2.25. The lowest BCUT2D eigenvalue weighted by Crippen LogP contribution is -2.06. The van der Waals surface area contributed by atoms with Crippen LogP contribution >= 0.6 is 11.3 Å². The van der Waals surface area contributed by atoms with Gasteiger partial charge in [0.2, 0.25) is 0 Å². The number of non-ortho nitro benzene ring substituents is 1. The summed E-state index contributed by atoms with van der Waals surface area (Å²) in [6.07, 6.45) is 0. The molecule has 2 aromatic rings. The number of halogens is 1. The van der Waals surface area contributed by atoms with Gasteiger partial charge >= 0.3 is 0 Å². The maximum Gasteiger partial charge on any atom is 0.274 e. The molecule has 0 aliphatic rings. The minimum Gasteiger partial charge on any atom is -0.378 e. The zero-order valence-electron chi connectivity index (χ0n) is 9.59. The van der Waals surface area contributed by atoms with Gasteiger partial charge in [0.05, 0.1) is 11.0 Å². The van der Waals surface area contributed by atoms with Crippen molar-refractivity contribution in [2.45, 2.75) is 13.0 Å². The van der Waals surface area contributed by atoms with Crippen LogP contribution in [0, 0.1) is 15.9 Å². The zero-order chi connectivity index (χ0) is 13.1. The van der Waals surface area contributed by atoms with E-state index in [9.17, 15) is 14.5 Å². The number of anilines is 1. The second-order valence-electron chi connectivity index (χ2n) is 3.88. The molecule has 0 saturated heterocycles. The van der Waals surface area contributed by atoms with E-state index in [4.69, 9.17) is 0 Å². The summed E-state index contributed by atoms with van der Waals surface area (Å²) in [5, 5.41) is 17.6. The van der Waals surface area contributed by atoms with Gasteiger partial charge in [-0.25, -0.2) is 4.39 Å². The van der Waals surface area contributed by atoms with Gasteiger partial charge in [-0.3, -0.25) is 10.1 Å². The van der Waals surface area contributed by atoms with Crippen LogP contribution in [-0.4, -0.2) is 4.92 Å². The van der Waals surface area contributed by atoms with Crippen molar-refractivity contribution in [2.75, 3.05) is 5.32 Å². The smallest absolute Gasteiger partial charge is 0.274 e. The Hall–Kier alpha value is -1.95. The molecule has 6 heteroatoms. The summed E-state index contributed by atoms with van der Waals surface area (Å²) in [6, 6.07) is 5.40. The topological polar surface area (TPSA) is 55.2 Å². The van der Waals surface area contributed by atoms with Crippen molar-refractivity contribution in [3.05, 3.63) is 56.5 Å². The standard InChI is InChI=1S/C12H11FN2O2S/c1-8(9-2-3-18-7-9)14-11-4-10(13)5-12(6-11)15(16)17/h2-8,14H,1H3. The van der Waals surface area contributed by atoms with Crippen LogP contribution in [0.1, 0.15) is 18.5 Å². The monoisotopic (exact) mass is 266 g/mol. The van der Waals surface area contributed by atoms with E-state index in [1.165, 1.54) is 12.1 Å². The predicted octanol–water partition coefficient (Wildman–Crippen LogP) is 3.97. The summed E-state index contributed by atoms with van der Waals surface area (Å²) in [5.74, 6) is -0.621. The number of hydrogen-bond acceptors (Lipinski definition) is 4. The lowest BCUT2D eigenvalue weighted by molar-refractivity contribution is -0.385. The number of benzene rings is 1. The van der Waals surface area contributed by atoms with Crippen molar-refractivity contribution in [3.63, 3.8) is 0 Å². The van der Waals surface area contributed by atoms with Crippen molar-refractivity contribution in [3.8, 4) is 0 Å². The third kappa shape index (κ3) is 2.84. The Bertz CT molecular complexity index is 557. The Morgan fingerprint density at radius 2 is 2.22 bits per heavy atom. The fourth-order valence-electron chi connectivity index (χ4n) is 1.62. The first-order valence-electron chi connectivity index (χ1n) is 5.30. The van der Waals surface area contributed by atoms with E-state index in [0.717, 1.165) is 11.6 Å². The molecule has 94 valence electrons. The Kier molecular flexibility index (Phi) is 3.57. The average molecular weight is 266 g/mol. The summed E-state index contributed by atoms with van der Waals surface area (Å²) < 4.78 is 13.2. The maximum atomic E-state index is 13.2. The van der Waals surface area contributed by atoms with Gasteiger partial charge in [0, 0.05) is 17.8 Å². The van der Waals surface area contributed by atoms with E-state index in [-0.39, 0.29) is 11.7 Å². The summed E-state index contributed by atoms with van der Waals surface area (Å²) >= 11 is 1.57. The van der Waals surface area contributed by atoms with E-state index in [2.05, 4.69) is 5.32 Å². The van der Waals surface area contributed by atoms with E-state index in [1.54, 1.807) is 11.3 Å². The van der Waals surface area contributed by atoms with Crippen LogP contribution in [0.4, 0.5) is 15.8 Å². The summed E-state index contributed by atoms with van der Waals surface area (Å²) in [7, 11) is 0. The molecule has 0 spiro atoms. The van der Waals surface area contributed by atoms with Crippen molar-refractivity contribution in [1.82, 2.24) is 0 Å². The number of hydrogen-bond donors (Lipinski definition) is 1. The molecule has 0 aliphatic carbocycles. The van der Waals surface area contributed by atoms with Crippen LogP contribution in [0.5, 0.6) is 0 Å². The highest BCUT2D eigenvalue weighted by molar-refractivity contribution is 7.07. The van der Waals surface area contributed by atoms with E-state index >= 15 is 0 Å². The Morgan fingerprint density at radius 1 is 1.44 bits per heavy atom. The highest BCUT2D eigenvalue weighted by atomic mass is 32.1. The number of nitrogens with zero attached hydrogens (tertiary/aromatic N) is 1. The molecule has 1 N–H and O–H groups in total. The van der Waals surface area contributed by atoms with E-state index in [0.29, 0.717) is 5.69 Å². The highest BCUT2D eigenvalue weighted by Gasteiger charge is 2.12. The molecule has 1 heterocycles. The number of thiophene rings is 1. The van der Waals surface area contributed by atoms with Crippen molar-refractivity contribution < 1.29 is 9.31 Å². The normalized spacial score (nSPS) is 12.1. The van der Waals surface area contributed by atoms with Gasteiger partial charge in [-0.1, -0.05) is 0 Å². The minimum absolute atomic E-state index is 0.0299. The third-order valence-corrected chi connectivity index (χ3v) is 3.22. The molecular weight excluding hydrogens is 255 g/mol. The Labute approximate surface area is 107 Å². The molecule has 0 bridgehead atoms. The quantitative estimate of drug-likeness (QED) is 0.673. The average Bonchev–Trinajstić information content (AvgIpc) is 2.81. The second kappa shape index (κ2) is 5.14. The summed E-state index contributed by atoms with van der Waals surface area (Å²) in [4.78, 5) is 10.0. The first-order valence-corrected chi connectivity index (χ1v) is 6.24. The first kappa shape index (κ1) is 12.5. The van der Waals surface area contributed by atoms with Gasteiger partial charge in [-0.15, -0.1) is 0 Å². The molecule has 18 heavy (non-hydrogen) atoms. The van der Waals surface area contributed by atoms with E-state index < -0.39 is 10.7 Å². The molecule has 4 nitrogen and oxygen atoms in total. The van der Waals surface area contributed by atoms with Crippen molar-refractivity contribution >= 4 is 22.7 Å². The molecule has 0 fully saturated rings. The molecule has 1 atom stereocenters. The Morgan fingerprint density at radius 3 is 2.83 bits per heavy atom. The van der Waals surface area contributed by atoms with E-state index in [1.807, 2.05) is 23.8 Å². The largest absolute Gasteiger partial charge is 0.378 e. The first-order chi connectivity index (χ1) is 8.56. The molecule has 0 radical (unpaired) electrons. The van der Waals surface area contributed by atoms with Crippen LogP contribution in [0.3, 0.4) is 0 Å². The van der Waals surface area contributed by atoms with Gasteiger partial charge in [0.1, 0.15) is 5.82 Å².